The molecule has 1 amide bonds. The van der Waals surface area contributed by atoms with Crippen LogP contribution < -0.4 is 10.1 Å². The summed E-state index contributed by atoms with van der Waals surface area (Å²) in [5.74, 6) is -1.14. The van der Waals surface area contributed by atoms with Crippen LogP contribution >= 0.6 is 34.7 Å². The number of thioether (sulfide) groups is 1. The van der Waals surface area contributed by atoms with Crippen LogP contribution in [0.2, 0.25) is 5.02 Å². The van der Waals surface area contributed by atoms with Gasteiger partial charge in [0.2, 0.25) is 11.8 Å². The number of pyridine rings is 1. The number of hydrogen-bond donors (Lipinski definition) is 1. The molecule has 172 valence electrons. The molecule has 0 aliphatic carbocycles. The summed E-state index contributed by atoms with van der Waals surface area (Å²) in [6.45, 7) is -1.50. The third kappa shape index (κ3) is 5.18. The van der Waals surface area contributed by atoms with E-state index in [0.717, 1.165) is 11.8 Å². The van der Waals surface area contributed by atoms with Crippen LogP contribution in [0.4, 0.5) is 13.2 Å². The number of alkyl halides is 3. The molecule has 2 aromatic heterocycles. The molecule has 33 heavy (non-hydrogen) atoms. The number of piperidine rings is 1. The van der Waals surface area contributed by atoms with Crippen molar-refractivity contribution in [3.05, 3.63) is 75.6 Å². The minimum absolute atomic E-state index is 0.132. The van der Waals surface area contributed by atoms with Gasteiger partial charge in [0.15, 0.2) is 12.4 Å². The fourth-order valence-corrected chi connectivity index (χ4v) is 5.45. The average molecular weight is 513 g/mol. The van der Waals surface area contributed by atoms with Crippen LogP contribution in [-0.4, -0.2) is 34.7 Å². The molecule has 5 nitrogen and oxygen atoms in total. The number of thiophene rings is 1. The molecule has 1 N–H and O–H groups in total. The van der Waals surface area contributed by atoms with Gasteiger partial charge in [-0.15, -0.1) is 11.8 Å². The summed E-state index contributed by atoms with van der Waals surface area (Å²) in [4.78, 5) is 31.2. The number of ketones is 1. The van der Waals surface area contributed by atoms with E-state index < -0.39 is 29.5 Å². The first kappa shape index (κ1) is 23.6. The molecule has 4 rings (SSSR count). The first-order valence-corrected chi connectivity index (χ1v) is 11.8. The summed E-state index contributed by atoms with van der Waals surface area (Å²) < 4.78 is 42.5. The highest BCUT2D eigenvalue weighted by atomic mass is 35.5. The number of hydrogen-bond acceptors (Lipinski definition) is 6. The first-order chi connectivity index (χ1) is 15.7. The third-order valence-corrected chi connectivity index (χ3v) is 7.39. The fourth-order valence-electron chi connectivity index (χ4n) is 3.48. The Morgan fingerprint density at radius 3 is 2.64 bits per heavy atom. The third-order valence-electron chi connectivity index (χ3n) is 4.95. The highest BCUT2D eigenvalue weighted by Gasteiger charge is 2.48. The maximum Gasteiger partial charge on any atom is 0.422 e. The molecular weight excluding hydrogens is 497 g/mol. The molecule has 0 saturated carbocycles. The Kier molecular flexibility index (Phi) is 6.69. The minimum atomic E-state index is -4.53. The van der Waals surface area contributed by atoms with E-state index in [-0.39, 0.29) is 23.8 Å². The Bertz CT molecular complexity index is 1150. The second-order valence-corrected chi connectivity index (χ2v) is 9.58. The number of ether oxygens (including phenoxy) is 1. The zero-order valence-electron chi connectivity index (χ0n) is 16.8. The smallest absolute Gasteiger partial charge is 0.422 e. The van der Waals surface area contributed by atoms with Crippen LogP contribution in [0.15, 0.2) is 64.2 Å². The molecule has 1 saturated heterocycles. The maximum atomic E-state index is 13.2. The summed E-state index contributed by atoms with van der Waals surface area (Å²) in [5, 5.41) is 5.85. The van der Waals surface area contributed by atoms with E-state index in [9.17, 15) is 22.8 Å². The molecule has 1 aromatic carbocycles. The molecule has 3 heterocycles. The fraction of sp³-hybridized carbons (Fsp3) is 0.227. The lowest BCUT2D eigenvalue weighted by Gasteiger charge is -2.39. The molecule has 11 heteroatoms. The molecule has 0 spiro atoms. The molecule has 1 aliphatic heterocycles. The molecule has 1 fully saturated rings. The van der Waals surface area contributed by atoms with E-state index in [0.29, 0.717) is 15.5 Å². The van der Waals surface area contributed by atoms with Crippen LogP contribution in [0.25, 0.3) is 0 Å². The van der Waals surface area contributed by atoms with Gasteiger partial charge in [-0.1, -0.05) is 29.8 Å². The van der Waals surface area contributed by atoms with Gasteiger partial charge >= 0.3 is 6.18 Å². The molecule has 2 atom stereocenters. The van der Waals surface area contributed by atoms with Gasteiger partial charge < -0.3 is 10.1 Å². The van der Waals surface area contributed by atoms with Crippen molar-refractivity contribution < 1.29 is 27.5 Å². The van der Waals surface area contributed by atoms with Crippen LogP contribution in [0.1, 0.15) is 17.7 Å². The number of amides is 1. The van der Waals surface area contributed by atoms with E-state index in [1.807, 2.05) is 0 Å². The van der Waals surface area contributed by atoms with Crippen molar-refractivity contribution in [2.24, 2.45) is 0 Å². The summed E-state index contributed by atoms with van der Waals surface area (Å²) >= 11 is 8.60. The van der Waals surface area contributed by atoms with Gasteiger partial charge in [-0.25, -0.2) is 4.98 Å². The number of carbonyl (C=O) groups excluding carboxylic acids is 2. The topological polar surface area (TPSA) is 68.3 Å². The van der Waals surface area contributed by atoms with E-state index in [2.05, 4.69) is 10.3 Å². The molecular formula is C22H16ClF3N2O3S2. The van der Waals surface area contributed by atoms with Crippen molar-refractivity contribution in [3.63, 3.8) is 0 Å². The number of halogens is 4. The Morgan fingerprint density at radius 2 is 1.97 bits per heavy atom. The number of rotatable bonds is 6. The monoisotopic (exact) mass is 512 g/mol. The van der Waals surface area contributed by atoms with Crippen molar-refractivity contribution in [2.75, 3.05) is 6.61 Å². The zero-order valence-corrected chi connectivity index (χ0v) is 19.2. The predicted octanol–water partition coefficient (Wildman–Crippen LogP) is 5.23. The quantitative estimate of drug-likeness (QED) is 0.458. The summed E-state index contributed by atoms with van der Waals surface area (Å²) in [6, 6.07) is 12.9. The Hall–Kier alpha value is -2.56. The molecule has 2 unspecified atom stereocenters. The largest absolute Gasteiger partial charge is 0.468 e. The number of carbonyl (C=O) groups is 2. The first-order valence-electron chi connectivity index (χ1n) is 9.64. The average Bonchev–Trinajstić information content (AvgIpc) is 3.31. The molecule has 3 aromatic rings. The lowest BCUT2D eigenvalue weighted by molar-refractivity contribution is -0.154. The lowest BCUT2D eigenvalue weighted by atomic mass is 9.79. The Labute approximate surface area is 200 Å². The molecule has 1 aliphatic rings. The molecule has 0 radical (unpaired) electrons. The highest BCUT2D eigenvalue weighted by molar-refractivity contribution is 8.01. The van der Waals surface area contributed by atoms with E-state index in [1.54, 1.807) is 47.2 Å². The number of Topliss-reactive ketones (excluding diaryl/α,β-unsaturated/α-hetero) is 1. The van der Waals surface area contributed by atoms with E-state index in [4.69, 9.17) is 16.3 Å². The Balaban J connectivity index is 1.67. The van der Waals surface area contributed by atoms with Gasteiger partial charge in [0.25, 0.3) is 0 Å². The normalized spacial score (nSPS) is 21.0. The van der Waals surface area contributed by atoms with Crippen molar-refractivity contribution in [2.45, 2.75) is 28.3 Å². The number of nitrogens with one attached hydrogen (secondary N) is 1. The van der Waals surface area contributed by atoms with Crippen LogP contribution in [0, 0.1) is 0 Å². The number of benzene rings is 1. The summed E-state index contributed by atoms with van der Waals surface area (Å²) in [5.41, 5.74) is -0.511. The van der Waals surface area contributed by atoms with Gasteiger partial charge in [-0.2, -0.15) is 24.5 Å². The number of aromatic nitrogens is 1. The van der Waals surface area contributed by atoms with Crippen molar-refractivity contribution >= 4 is 46.4 Å². The van der Waals surface area contributed by atoms with E-state index >= 15 is 0 Å². The molecule has 0 bridgehead atoms. The van der Waals surface area contributed by atoms with Crippen molar-refractivity contribution in [1.82, 2.24) is 10.3 Å². The van der Waals surface area contributed by atoms with Crippen LogP contribution in [0.3, 0.4) is 0 Å². The summed E-state index contributed by atoms with van der Waals surface area (Å²) in [6.07, 6.45) is -4.66. The van der Waals surface area contributed by atoms with Gasteiger partial charge in [0, 0.05) is 17.4 Å². The van der Waals surface area contributed by atoms with Crippen molar-refractivity contribution in [1.29, 1.82) is 0 Å². The highest BCUT2D eigenvalue weighted by Crippen LogP contribution is 2.41. The Morgan fingerprint density at radius 1 is 1.18 bits per heavy atom. The van der Waals surface area contributed by atoms with Gasteiger partial charge in [0.1, 0.15) is 10.8 Å². The number of nitrogens with zero attached hydrogens (tertiary/aromatic N) is 1. The zero-order chi connectivity index (χ0) is 23.6. The van der Waals surface area contributed by atoms with Crippen LogP contribution in [-0.2, 0) is 15.1 Å². The minimum Gasteiger partial charge on any atom is -0.468 e. The van der Waals surface area contributed by atoms with Gasteiger partial charge in [-0.3, -0.25) is 9.59 Å². The second kappa shape index (κ2) is 9.36. The van der Waals surface area contributed by atoms with Crippen LogP contribution in [0.5, 0.6) is 5.88 Å². The standard InChI is InChI=1S/C22H16ClF3N2O3S2/c23-14-4-1-2-5-16(14)33-19-15(29)10-21(28-20(19)30,13-8-9-32-11-13)17-6-3-7-18(27-17)31-12-22(24,25)26/h1-9,11,19H,10,12H2,(H,28,30). The maximum absolute atomic E-state index is 13.2. The predicted molar refractivity (Wildman–Crippen MR) is 120 cm³/mol. The van der Waals surface area contributed by atoms with Crippen molar-refractivity contribution in [3.8, 4) is 5.88 Å². The SMILES string of the molecule is O=C1CC(c2ccsc2)(c2cccc(OCC(F)(F)F)n2)NC(=O)C1Sc1ccccc1Cl. The van der Waals surface area contributed by atoms with Gasteiger partial charge in [-0.05, 0) is 40.6 Å². The second-order valence-electron chi connectivity index (χ2n) is 7.24. The lowest BCUT2D eigenvalue weighted by Crippen LogP contribution is -2.58. The van der Waals surface area contributed by atoms with E-state index in [1.165, 1.54) is 23.5 Å². The van der Waals surface area contributed by atoms with Gasteiger partial charge in [0.05, 0.1) is 10.7 Å². The summed E-state index contributed by atoms with van der Waals surface area (Å²) in [7, 11) is 0.